The number of carbonyl (C=O) groups excluding carboxylic acids is 1. The maximum absolute atomic E-state index is 12.2. The number of nitrogens with one attached hydrogen (secondary N) is 3. The molecule has 1 aliphatic carbocycles. The zero-order chi connectivity index (χ0) is 18.2. The summed E-state index contributed by atoms with van der Waals surface area (Å²) in [7, 11) is 1.79. The highest BCUT2D eigenvalue weighted by atomic mass is 127. The highest BCUT2D eigenvalue weighted by Gasteiger charge is 2.27. The normalized spacial score (nSPS) is 20.4. The van der Waals surface area contributed by atoms with Crippen LogP contribution >= 0.6 is 35.3 Å². The molecule has 0 aromatic carbocycles. The van der Waals surface area contributed by atoms with Gasteiger partial charge in [-0.2, -0.15) is 0 Å². The molecule has 6 nitrogen and oxygen atoms in total. The summed E-state index contributed by atoms with van der Waals surface area (Å²) >= 11 is 1.74. The summed E-state index contributed by atoms with van der Waals surface area (Å²) < 4.78 is 0. The van der Waals surface area contributed by atoms with Gasteiger partial charge in [0, 0.05) is 49.1 Å². The second kappa shape index (κ2) is 11.7. The summed E-state index contributed by atoms with van der Waals surface area (Å²) in [6.45, 7) is 6.89. The van der Waals surface area contributed by atoms with Crippen molar-refractivity contribution in [3.63, 3.8) is 0 Å². The quantitative estimate of drug-likeness (QED) is 0.324. The van der Waals surface area contributed by atoms with Crippen molar-refractivity contribution in [2.45, 2.75) is 65.0 Å². The van der Waals surface area contributed by atoms with Crippen LogP contribution in [0.4, 0.5) is 0 Å². The fraction of sp³-hybridized carbons (Fsp3) is 0.722. The lowest BCUT2D eigenvalue weighted by Crippen LogP contribution is -2.47. The molecule has 0 radical (unpaired) electrons. The number of halogens is 1. The molecule has 0 spiro atoms. The Hall–Kier alpha value is -0.900. The van der Waals surface area contributed by atoms with E-state index in [1.54, 1.807) is 18.4 Å². The molecule has 1 fully saturated rings. The third-order valence-electron chi connectivity index (χ3n) is 4.34. The Kier molecular flexibility index (Phi) is 10.4. The second-order valence-corrected chi connectivity index (χ2v) is 8.30. The number of aryl methyl sites for hydroxylation is 1. The topological polar surface area (TPSA) is 78.4 Å². The average Bonchev–Trinajstić information content (AvgIpc) is 2.99. The number of carbonyl (C=O) groups is 1. The summed E-state index contributed by atoms with van der Waals surface area (Å²) in [5, 5.41) is 11.0. The molecule has 1 amide bonds. The van der Waals surface area contributed by atoms with Crippen LogP contribution in [0.1, 0.15) is 49.4 Å². The van der Waals surface area contributed by atoms with E-state index in [9.17, 15) is 4.79 Å². The highest BCUT2D eigenvalue weighted by Crippen LogP contribution is 2.24. The lowest BCUT2D eigenvalue weighted by atomic mass is 9.85. The molecule has 0 aliphatic heterocycles. The second-order valence-electron chi connectivity index (χ2n) is 6.98. The van der Waals surface area contributed by atoms with Crippen molar-refractivity contribution in [1.29, 1.82) is 0 Å². The molecular formula is C18H32IN5OS. The molecule has 8 heteroatoms. The summed E-state index contributed by atoms with van der Waals surface area (Å²) in [5.41, 5.74) is 0. The lowest BCUT2D eigenvalue weighted by Gasteiger charge is -2.30. The minimum atomic E-state index is 0. The molecule has 1 heterocycles. The summed E-state index contributed by atoms with van der Waals surface area (Å²) in [6.07, 6.45) is 6.80. The van der Waals surface area contributed by atoms with Crippen molar-refractivity contribution < 1.29 is 4.79 Å². The first kappa shape index (κ1) is 23.1. The Balaban J connectivity index is 0.00000338. The molecule has 3 N–H and O–H groups in total. The Labute approximate surface area is 178 Å². The molecule has 1 aromatic rings. The molecular weight excluding hydrogens is 461 g/mol. The number of hydrogen-bond acceptors (Lipinski definition) is 4. The molecule has 1 aliphatic rings. The highest BCUT2D eigenvalue weighted by molar-refractivity contribution is 14.0. The third kappa shape index (κ3) is 7.77. The van der Waals surface area contributed by atoms with E-state index in [0.717, 1.165) is 49.6 Å². The number of amides is 1. The van der Waals surface area contributed by atoms with Gasteiger partial charge in [-0.05, 0) is 40.0 Å². The average molecular weight is 493 g/mol. The Morgan fingerprint density at radius 3 is 2.81 bits per heavy atom. The van der Waals surface area contributed by atoms with E-state index in [0.29, 0.717) is 6.04 Å². The van der Waals surface area contributed by atoms with Crippen molar-refractivity contribution in [3.8, 4) is 0 Å². The molecule has 148 valence electrons. The van der Waals surface area contributed by atoms with E-state index in [-0.39, 0.29) is 41.8 Å². The third-order valence-corrected chi connectivity index (χ3v) is 5.31. The van der Waals surface area contributed by atoms with Crippen molar-refractivity contribution in [3.05, 3.63) is 16.1 Å². The molecule has 1 aromatic heterocycles. The Morgan fingerprint density at radius 1 is 1.42 bits per heavy atom. The molecule has 0 saturated heterocycles. The predicted octanol–water partition coefficient (Wildman–Crippen LogP) is 2.86. The molecule has 2 atom stereocenters. The van der Waals surface area contributed by atoms with Crippen molar-refractivity contribution in [2.75, 3.05) is 13.6 Å². The van der Waals surface area contributed by atoms with Gasteiger partial charge in [0.25, 0.3) is 0 Å². The van der Waals surface area contributed by atoms with Gasteiger partial charge in [0.1, 0.15) is 0 Å². The van der Waals surface area contributed by atoms with Crippen LogP contribution in [-0.2, 0) is 11.2 Å². The van der Waals surface area contributed by atoms with E-state index in [2.05, 4.69) is 32.9 Å². The van der Waals surface area contributed by atoms with Crippen LogP contribution in [0.2, 0.25) is 0 Å². The SMILES string of the molecule is CN=C(NCCc1ncc(C)s1)NC1CCCC(C(=O)NC(C)C)C1.I. The maximum atomic E-state index is 12.2. The first-order valence-electron chi connectivity index (χ1n) is 9.16. The Bertz CT molecular complexity index is 590. The van der Waals surface area contributed by atoms with Crippen LogP contribution in [0, 0.1) is 12.8 Å². The zero-order valence-corrected chi connectivity index (χ0v) is 19.3. The van der Waals surface area contributed by atoms with Gasteiger partial charge in [-0.1, -0.05) is 6.42 Å². The van der Waals surface area contributed by atoms with Crippen LogP contribution < -0.4 is 16.0 Å². The van der Waals surface area contributed by atoms with Crippen LogP contribution in [0.15, 0.2) is 11.2 Å². The summed E-state index contributed by atoms with van der Waals surface area (Å²) in [6, 6.07) is 0.495. The van der Waals surface area contributed by atoms with E-state index in [4.69, 9.17) is 0 Å². The van der Waals surface area contributed by atoms with E-state index >= 15 is 0 Å². The fourth-order valence-corrected chi connectivity index (χ4v) is 3.94. The standard InChI is InChI=1S/C18H31N5OS.HI/c1-12(2)22-17(24)14-6-5-7-15(10-14)23-18(19-4)20-9-8-16-21-11-13(3)25-16;/h11-12,14-15H,5-10H2,1-4H3,(H,22,24)(H2,19,20,23);1H. The van der Waals surface area contributed by atoms with Gasteiger partial charge < -0.3 is 16.0 Å². The minimum Gasteiger partial charge on any atom is -0.356 e. The van der Waals surface area contributed by atoms with Crippen LogP contribution in [0.5, 0.6) is 0 Å². The van der Waals surface area contributed by atoms with Crippen LogP contribution in [-0.4, -0.2) is 42.5 Å². The van der Waals surface area contributed by atoms with Crippen LogP contribution in [0.3, 0.4) is 0 Å². The number of aliphatic imine (C=N–C) groups is 1. The van der Waals surface area contributed by atoms with E-state index in [1.807, 2.05) is 20.0 Å². The Morgan fingerprint density at radius 2 is 2.19 bits per heavy atom. The minimum absolute atomic E-state index is 0. The summed E-state index contributed by atoms with van der Waals surface area (Å²) in [4.78, 5) is 22.2. The fourth-order valence-electron chi connectivity index (χ4n) is 3.15. The number of aromatic nitrogens is 1. The van der Waals surface area contributed by atoms with E-state index in [1.165, 1.54) is 4.88 Å². The number of thiazole rings is 1. The largest absolute Gasteiger partial charge is 0.356 e. The molecule has 2 rings (SSSR count). The molecule has 1 saturated carbocycles. The van der Waals surface area contributed by atoms with Crippen molar-refractivity contribution in [1.82, 2.24) is 20.9 Å². The predicted molar refractivity (Wildman–Crippen MR) is 119 cm³/mol. The van der Waals surface area contributed by atoms with Gasteiger partial charge in [0.05, 0.1) is 5.01 Å². The van der Waals surface area contributed by atoms with Gasteiger partial charge in [-0.15, -0.1) is 35.3 Å². The lowest BCUT2D eigenvalue weighted by molar-refractivity contribution is -0.126. The van der Waals surface area contributed by atoms with Crippen molar-refractivity contribution in [2.24, 2.45) is 10.9 Å². The van der Waals surface area contributed by atoms with Crippen LogP contribution in [0.25, 0.3) is 0 Å². The van der Waals surface area contributed by atoms with Crippen molar-refractivity contribution >= 4 is 47.2 Å². The monoisotopic (exact) mass is 493 g/mol. The summed E-state index contributed by atoms with van der Waals surface area (Å²) in [5.74, 6) is 1.09. The first-order valence-corrected chi connectivity index (χ1v) is 9.98. The maximum Gasteiger partial charge on any atom is 0.223 e. The first-order chi connectivity index (χ1) is 12.0. The molecule has 26 heavy (non-hydrogen) atoms. The molecule has 0 bridgehead atoms. The van der Waals surface area contributed by atoms with Gasteiger partial charge in [0.15, 0.2) is 5.96 Å². The number of guanidine groups is 1. The van der Waals surface area contributed by atoms with Gasteiger partial charge in [-0.25, -0.2) is 4.98 Å². The zero-order valence-electron chi connectivity index (χ0n) is 16.2. The van der Waals surface area contributed by atoms with Gasteiger partial charge in [0.2, 0.25) is 5.91 Å². The number of rotatable bonds is 6. The number of nitrogens with zero attached hydrogens (tertiary/aromatic N) is 2. The van der Waals surface area contributed by atoms with Gasteiger partial charge in [-0.3, -0.25) is 9.79 Å². The van der Waals surface area contributed by atoms with Gasteiger partial charge >= 0.3 is 0 Å². The van der Waals surface area contributed by atoms with E-state index < -0.39 is 0 Å². The number of hydrogen-bond donors (Lipinski definition) is 3. The molecule has 2 unspecified atom stereocenters. The smallest absolute Gasteiger partial charge is 0.223 e.